The summed E-state index contributed by atoms with van der Waals surface area (Å²) in [6.07, 6.45) is 3.37. The zero-order valence-electron chi connectivity index (χ0n) is 14.4. The number of piperidine rings is 2. The fourth-order valence-corrected chi connectivity index (χ4v) is 3.10. The van der Waals surface area contributed by atoms with Gasteiger partial charge in [0, 0.05) is 19.6 Å². The number of nitrogens with zero attached hydrogens (tertiary/aromatic N) is 1. The topological polar surface area (TPSA) is 108 Å². The van der Waals surface area contributed by atoms with E-state index >= 15 is 0 Å². The van der Waals surface area contributed by atoms with Gasteiger partial charge in [0.25, 0.3) is 0 Å². The number of carbonyl (C=O) groups excluding carboxylic acids is 2. The maximum absolute atomic E-state index is 12.3. The molecule has 2 saturated heterocycles. The van der Waals surface area contributed by atoms with Crippen LogP contribution in [0.5, 0.6) is 0 Å². The van der Waals surface area contributed by atoms with Crippen LogP contribution in [0.2, 0.25) is 0 Å². The summed E-state index contributed by atoms with van der Waals surface area (Å²) in [7, 11) is 0. The number of amides is 2. The van der Waals surface area contributed by atoms with E-state index in [1.807, 2.05) is 0 Å². The molecular weight excluding hydrogens is 350 g/mol. The van der Waals surface area contributed by atoms with E-state index in [1.165, 1.54) is 0 Å². The Morgan fingerprint density at radius 1 is 1.20 bits per heavy atom. The van der Waals surface area contributed by atoms with Crippen LogP contribution in [0.4, 0.5) is 0 Å². The Bertz CT molecular complexity index is 457. The van der Waals surface area contributed by atoms with Gasteiger partial charge in [0.15, 0.2) is 0 Å². The number of rotatable bonds is 7. The van der Waals surface area contributed by atoms with Gasteiger partial charge in [-0.15, -0.1) is 12.4 Å². The molecular formula is C16H28ClN3O5. The Kier molecular flexibility index (Phi) is 9.77. The summed E-state index contributed by atoms with van der Waals surface area (Å²) in [5, 5.41) is 14.5. The number of carbonyl (C=O) groups is 3. The van der Waals surface area contributed by atoms with Crippen molar-refractivity contribution in [3.63, 3.8) is 0 Å². The first-order valence-corrected chi connectivity index (χ1v) is 8.66. The number of nitrogens with one attached hydrogen (secondary N) is 2. The highest BCUT2D eigenvalue weighted by molar-refractivity contribution is 5.85. The quantitative estimate of drug-likeness (QED) is 0.576. The summed E-state index contributed by atoms with van der Waals surface area (Å²) < 4.78 is 5.69. The molecule has 3 N–H and O–H groups in total. The van der Waals surface area contributed by atoms with E-state index in [-0.39, 0.29) is 55.8 Å². The van der Waals surface area contributed by atoms with Gasteiger partial charge in [-0.25, -0.2) is 0 Å². The highest BCUT2D eigenvalue weighted by Gasteiger charge is 2.28. The van der Waals surface area contributed by atoms with E-state index in [2.05, 4.69) is 10.6 Å². The molecule has 0 aromatic rings. The molecule has 0 aromatic carbocycles. The van der Waals surface area contributed by atoms with E-state index in [9.17, 15) is 14.4 Å². The van der Waals surface area contributed by atoms with Gasteiger partial charge < -0.3 is 25.4 Å². The summed E-state index contributed by atoms with van der Waals surface area (Å²) in [5.41, 5.74) is 0. The lowest BCUT2D eigenvalue weighted by atomic mass is 9.97. The van der Waals surface area contributed by atoms with E-state index < -0.39 is 5.97 Å². The van der Waals surface area contributed by atoms with Crippen LogP contribution in [0.25, 0.3) is 0 Å². The zero-order chi connectivity index (χ0) is 17.4. The van der Waals surface area contributed by atoms with Crippen molar-refractivity contribution in [1.82, 2.24) is 15.5 Å². The van der Waals surface area contributed by atoms with Crippen LogP contribution in [0.3, 0.4) is 0 Å². The molecule has 0 radical (unpaired) electrons. The highest BCUT2D eigenvalue weighted by Crippen LogP contribution is 2.17. The van der Waals surface area contributed by atoms with Crippen LogP contribution < -0.4 is 10.6 Å². The van der Waals surface area contributed by atoms with Crippen molar-refractivity contribution in [2.24, 2.45) is 5.92 Å². The third kappa shape index (κ3) is 7.58. The minimum atomic E-state index is -0.939. The highest BCUT2D eigenvalue weighted by atomic mass is 35.5. The summed E-state index contributed by atoms with van der Waals surface area (Å²) in [5.74, 6) is -1.45. The van der Waals surface area contributed by atoms with Crippen molar-refractivity contribution in [3.8, 4) is 0 Å². The Labute approximate surface area is 154 Å². The van der Waals surface area contributed by atoms with Crippen molar-refractivity contribution in [1.29, 1.82) is 0 Å². The number of carboxylic acid groups (broad SMARTS) is 1. The third-order valence-corrected chi connectivity index (χ3v) is 4.51. The second kappa shape index (κ2) is 11.3. The van der Waals surface area contributed by atoms with Gasteiger partial charge in [-0.1, -0.05) is 0 Å². The van der Waals surface area contributed by atoms with E-state index in [4.69, 9.17) is 9.84 Å². The van der Waals surface area contributed by atoms with Gasteiger partial charge >= 0.3 is 5.97 Å². The van der Waals surface area contributed by atoms with Crippen LogP contribution in [0, 0.1) is 5.92 Å². The Morgan fingerprint density at radius 2 is 1.92 bits per heavy atom. The first kappa shape index (κ1) is 21.7. The summed E-state index contributed by atoms with van der Waals surface area (Å²) >= 11 is 0. The molecule has 8 nitrogen and oxygen atoms in total. The summed E-state index contributed by atoms with van der Waals surface area (Å²) in [6.45, 7) is 3.05. The number of halogens is 1. The predicted octanol–water partition coefficient (Wildman–Crippen LogP) is 0.00630. The molecule has 1 atom stereocenters. The van der Waals surface area contributed by atoms with Crippen LogP contribution in [-0.4, -0.2) is 73.2 Å². The Balaban J connectivity index is 0.00000312. The lowest BCUT2D eigenvalue weighted by molar-refractivity contribution is -0.142. The fraction of sp³-hybridized carbons (Fsp3) is 0.812. The molecule has 0 bridgehead atoms. The number of likely N-dealkylation sites (tertiary alicyclic amines) is 1. The van der Waals surface area contributed by atoms with E-state index in [0.717, 1.165) is 38.8 Å². The molecule has 0 aromatic heterocycles. The molecule has 144 valence electrons. The second-order valence-electron chi connectivity index (χ2n) is 6.37. The van der Waals surface area contributed by atoms with E-state index in [1.54, 1.807) is 4.90 Å². The van der Waals surface area contributed by atoms with Gasteiger partial charge in [0.1, 0.15) is 6.61 Å². The monoisotopic (exact) mass is 377 g/mol. The van der Waals surface area contributed by atoms with Gasteiger partial charge in [0.05, 0.1) is 18.4 Å². The first-order chi connectivity index (χ1) is 11.6. The number of ether oxygens (including phenoxy) is 1. The molecule has 2 aliphatic heterocycles. The fourth-order valence-electron chi connectivity index (χ4n) is 3.10. The van der Waals surface area contributed by atoms with Gasteiger partial charge in [-0.2, -0.15) is 0 Å². The number of carboxylic acids is 1. The second-order valence-corrected chi connectivity index (χ2v) is 6.37. The van der Waals surface area contributed by atoms with Crippen molar-refractivity contribution < 1.29 is 24.2 Å². The van der Waals surface area contributed by atoms with Crippen molar-refractivity contribution >= 4 is 30.2 Å². The average Bonchev–Trinajstić information content (AvgIpc) is 2.60. The number of hydrogen-bond donors (Lipinski definition) is 3. The van der Waals surface area contributed by atoms with Gasteiger partial charge in [0.2, 0.25) is 11.8 Å². The Hall–Kier alpha value is -1.38. The lowest BCUT2D eigenvalue weighted by Crippen LogP contribution is -2.47. The molecule has 2 fully saturated rings. The maximum atomic E-state index is 12.3. The SMILES string of the molecule is Cl.O=C(O)CCNC(=O)C1CCCN(C(=O)COC2CCNCC2)C1. The smallest absolute Gasteiger partial charge is 0.305 e. The van der Waals surface area contributed by atoms with Crippen molar-refractivity contribution in [2.45, 2.75) is 38.2 Å². The van der Waals surface area contributed by atoms with Crippen LogP contribution in [0.15, 0.2) is 0 Å². The maximum Gasteiger partial charge on any atom is 0.305 e. The normalized spacial score (nSPS) is 21.3. The average molecular weight is 378 g/mol. The van der Waals surface area contributed by atoms with Crippen molar-refractivity contribution in [3.05, 3.63) is 0 Å². The van der Waals surface area contributed by atoms with Crippen LogP contribution >= 0.6 is 12.4 Å². The van der Waals surface area contributed by atoms with Crippen LogP contribution in [0.1, 0.15) is 32.1 Å². The molecule has 2 heterocycles. The first-order valence-electron chi connectivity index (χ1n) is 8.66. The largest absolute Gasteiger partial charge is 0.481 e. The van der Waals surface area contributed by atoms with Gasteiger partial charge in [-0.3, -0.25) is 14.4 Å². The number of hydrogen-bond acceptors (Lipinski definition) is 5. The Morgan fingerprint density at radius 3 is 2.60 bits per heavy atom. The van der Waals surface area contributed by atoms with Crippen LogP contribution in [-0.2, 0) is 19.1 Å². The minimum Gasteiger partial charge on any atom is -0.481 e. The lowest BCUT2D eigenvalue weighted by Gasteiger charge is -2.32. The molecule has 2 amide bonds. The zero-order valence-corrected chi connectivity index (χ0v) is 15.2. The molecule has 0 saturated carbocycles. The molecule has 25 heavy (non-hydrogen) atoms. The number of aliphatic carboxylic acids is 1. The minimum absolute atomic E-state index is 0. The van der Waals surface area contributed by atoms with E-state index in [0.29, 0.717) is 13.1 Å². The molecule has 1 unspecified atom stereocenters. The molecule has 2 rings (SSSR count). The molecule has 2 aliphatic rings. The molecule has 9 heteroatoms. The summed E-state index contributed by atoms with van der Waals surface area (Å²) in [6, 6.07) is 0. The standard InChI is InChI=1S/C16H27N3O5.ClH/c20-14(11-24-13-3-6-17-7-4-13)19-9-1-2-12(10-19)16(23)18-8-5-15(21)22;/h12-13,17H,1-11H2,(H,18,23)(H,21,22);1H. The molecule has 0 spiro atoms. The van der Waals surface area contributed by atoms with Gasteiger partial charge in [-0.05, 0) is 38.8 Å². The van der Waals surface area contributed by atoms with Crippen molar-refractivity contribution in [2.75, 3.05) is 39.3 Å². The summed E-state index contributed by atoms with van der Waals surface area (Å²) in [4.78, 5) is 36.5. The third-order valence-electron chi connectivity index (χ3n) is 4.51. The predicted molar refractivity (Wildman–Crippen MR) is 93.7 cm³/mol. The molecule has 0 aliphatic carbocycles.